The topological polar surface area (TPSA) is 68.5 Å². The molecular weight excluding hydrogens is 378 g/mol. The van der Waals surface area contributed by atoms with Crippen LogP contribution in [0.3, 0.4) is 0 Å². The molecule has 0 aliphatic carbocycles. The van der Waals surface area contributed by atoms with E-state index in [0.29, 0.717) is 17.6 Å². The monoisotopic (exact) mass is 407 g/mol. The molecule has 0 bridgehead atoms. The van der Waals surface area contributed by atoms with Crippen LogP contribution >= 0.6 is 0 Å². The quantitative estimate of drug-likeness (QED) is 0.557. The largest absolute Gasteiger partial charge is 0.481 e. The first-order chi connectivity index (χ1) is 14.2. The molecule has 0 aliphatic rings. The third kappa shape index (κ3) is 5.06. The van der Waals surface area contributed by atoms with Crippen LogP contribution in [0.25, 0.3) is 11.4 Å². The summed E-state index contributed by atoms with van der Waals surface area (Å²) in [7, 11) is 1.71. The molecule has 1 amide bonds. The van der Waals surface area contributed by atoms with E-state index in [4.69, 9.17) is 9.26 Å². The summed E-state index contributed by atoms with van der Waals surface area (Å²) in [5.74, 6) is 1.80. The molecule has 1 heterocycles. The minimum absolute atomic E-state index is 0.151. The molecule has 0 N–H and O–H groups in total. The summed E-state index contributed by atoms with van der Waals surface area (Å²) in [5.41, 5.74) is 4.19. The second-order valence-electron chi connectivity index (χ2n) is 8.03. The van der Waals surface area contributed by atoms with Crippen LogP contribution in [0.2, 0.25) is 0 Å². The van der Waals surface area contributed by atoms with Gasteiger partial charge in [0.15, 0.2) is 6.10 Å². The highest BCUT2D eigenvalue weighted by Gasteiger charge is 2.23. The summed E-state index contributed by atoms with van der Waals surface area (Å²) in [5, 5.41) is 4.04. The van der Waals surface area contributed by atoms with E-state index in [1.807, 2.05) is 44.2 Å². The lowest BCUT2D eigenvalue weighted by Gasteiger charge is -2.23. The Morgan fingerprint density at radius 2 is 1.83 bits per heavy atom. The molecule has 3 aromatic rings. The van der Waals surface area contributed by atoms with Gasteiger partial charge in [-0.05, 0) is 49.9 Å². The molecule has 6 heteroatoms. The SMILES string of the molecule is Cc1cccc(-c2noc(CN(C)C(=O)C(C)Oc3cc(C)ccc3C(C)C)n2)c1. The van der Waals surface area contributed by atoms with Crippen molar-refractivity contribution >= 4 is 5.91 Å². The van der Waals surface area contributed by atoms with Crippen molar-refractivity contribution in [2.75, 3.05) is 7.05 Å². The van der Waals surface area contributed by atoms with Crippen LogP contribution in [0.15, 0.2) is 47.0 Å². The van der Waals surface area contributed by atoms with Crippen LogP contribution in [0.5, 0.6) is 5.75 Å². The average Bonchev–Trinajstić information content (AvgIpc) is 3.15. The predicted molar refractivity (Wildman–Crippen MR) is 116 cm³/mol. The molecule has 0 saturated carbocycles. The fourth-order valence-corrected chi connectivity index (χ4v) is 3.27. The molecule has 1 aromatic heterocycles. The lowest BCUT2D eigenvalue weighted by Crippen LogP contribution is -2.37. The van der Waals surface area contributed by atoms with Gasteiger partial charge in [0.2, 0.25) is 11.7 Å². The van der Waals surface area contributed by atoms with Gasteiger partial charge in [-0.15, -0.1) is 0 Å². The number of rotatable bonds is 7. The molecule has 6 nitrogen and oxygen atoms in total. The fourth-order valence-electron chi connectivity index (χ4n) is 3.27. The Hall–Kier alpha value is -3.15. The number of aryl methyl sites for hydroxylation is 2. The van der Waals surface area contributed by atoms with Gasteiger partial charge in [-0.3, -0.25) is 4.79 Å². The van der Waals surface area contributed by atoms with E-state index in [9.17, 15) is 4.79 Å². The number of benzene rings is 2. The highest BCUT2D eigenvalue weighted by Crippen LogP contribution is 2.28. The Morgan fingerprint density at radius 3 is 2.53 bits per heavy atom. The Balaban J connectivity index is 1.67. The summed E-state index contributed by atoms with van der Waals surface area (Å²) in [6.45, 7) is 10.2. The maximum absolute atomic E-state index is 12.9. The molecule has 0 spiro atoms. The van der Waals surface area contributed by atoms with Crippen molar-refractivity contribution in [3.05, 3.63) is 65.0 Å². The van der Waals surface area contributed by atoms with Crippen molar-refractivity contribution in [3.8, 4) is 17.1 Å². The number of hydrogen-bond donors (Lipinski definition) is 0. The lowest BCUT2D eigenvalue weighted by molar-refractivity contribution is -0.137. The number of ether oxygens (including phenoxy) is 1. The van der Waals surface area contributed by atoms with Crippen molar-refractivity contribution in [2.24, 2.45) is 0 Å². The fraction of sp³-hybridized carbons (Fsp3) is 0.375. The zero-order valence-corrected chi connectivity index (χ0v) is 18.5. The normalized spacial score (nSPS) is 12.1. The van der Waals surface area contributed by atoms with Gasteiger partial charge in [0.05, 0.1) is 6.54 Å². The first kappa shape index (κ1) is 21.6. The Morgan fingerprint density at radius 1 is 1.10 bits per heavy atom. The highest BCUT2D eigenvalue weighted by atomic mass is 16.5. The van der Waals surface area contributed by atoms with Crippen molar-refractivity contribution in [3.63, 3.8) is 0 Å². The molecule has 1 unspecified atom stereocenters. The number of hydrogen-bond acceptors (Lipinski definition) is 5. The van der Waals surface area contributed by atoms with Crippen LogP contribution in [-0.2, 0) is 11.3 Å². The van der Waals surface area contributed by atoms with E-state index in [1.54, 1.807) is 18.9 Å². The highest BCUT2D eigenvalue weighted by molar-refractivity contribution is 5.80. The maximum atomic E-state index is 12.9. The molecule has 3 rings (SSSR count). The van der Waals surface area contributed by atoms with Gasteiger partial charge in [0.1, 0.15) is 5.75 Å². The van der Waals surface area contributed by atoms with Gasteiger partial charge in [-0.1, -0.05) is 54.9 Å². The molecule has 0 saturated heterocycles. The lowest BCUT2D eigenvalue weighted by atomic mass is 10.0. The second kappa shape index (κ2) is 9.11. The standard InChI is InChI=1S/C24H29N3O3/c1-15(2)20-11-10-17(4)13-21(20)29-18(5)24(28)27(6)14-22-25-23(26-30-22)19-9-7-8-16(3)12-19/h7-13,15,18H,14H2,1-6H3. The third-order valence-corrected chi connectivity index (χ3v) is 4.94. The molecule has 1 atom stereocenters. The van der Waals surface area contributed by atoms with Gasteiger partial charge in [-0.25, -0.2) is 0 Å². The summed E-state index contributed by atoms with van der Waals surface area (Å²) in [6.07, 6.45) is -0.631. The Labute approximate surface area is 177 Å². The predicted octanol–water partition coefficient (Wildman–Crippen LogP) is 4.90. The second-order valence-corrected chi connectivity index (χ2v) is 8.03. The Kier molecular flexibility index (Phi) is 6.55. The first-order valence-electron chi connectivity index (χ1n) is 10.2. The smallest absolute Gasteiger partial charge is 0.263 e. The number of amides is 1. The van der Waals surface area contributed by atoms with E-state index in [0.717, 1.165) is 28.0 Å². The van der Waals surface area contributed by atoms with E-state index in [1.165, 1.54) is 0 Å². The van der Waals surface area contributed by atoms with Gasteiger partial charge >= 0.3 is 0 Å². The van der Waals surface area contributed by atoms with Crippen molar-refractivity contribution in [1.82, 2.24) is 15.0 Å². The van der Waals surface area contributed by atoms with Crippen LogP contribution in [-0.4, -0.2) is 34.1 Å². The van der Waals surface area contributed by atoms with E-state index < -0.39 is 6.10 Å². The minimum atomic E-state index is -0.631. The van der Waals surface area contributed by atoms with Gasteiger partial charge in [-0.2, -0.15) is 4.98 Å². The number of carbonyl (C=O) groups is 1. The Bertz CT molecular complexity index is 1030. The zero-order chi connectivity index (χ0) is 21.8. The number of likely N-dealkylation sites (N-methyl/N-ethyl adjacent to an activating group) is 1. The summed E-state index contributed by atoms with van der Waals surface area (Å²) < 4.78 is 11.4. The zero-order valence-electron chi connectivity index (χ0n) is 18.5. The molecule has 2 aromatic carbocycles. The average molecular weight is 408 g/mol. The van der Waals surface area contributed by atoms with Crippen LogP contribution in [0.4, 0.5) is 0 Å². The van der Waals surface area contributed by atoms with Crippen LogP contribution < -0.4 is 4.74 Å². The summed E-state index contributed by atoms with van der Waals surface area (Å²) in [4.78, 5) is 18.8. The summed E-state index contributed by atoms with van der Waals surface area (Å²) >= 11 is 0. The molecule has 0 aliphatic heterocycles. The van der Waals surface area contributed by atoms with Crippen LogP contribution in [0.1, 0.15) is 49.3 Å². The number of nitrogens with zero attached hydrogens (tertiary/aromatic N) is 3. The molecule has 0 fully saturated rings. The first-order valence-corrected chi connectivity index (χ1v) is 10.2. The van der Waals surface area contributed by atoms with E-state index in [-0.39, 0.29) is 12.5 Å². The van der Waals surface area contributed by atoms with Gasteiger partial charge < -0.3 is 14.2 Å². The summed E-state index contributed by atoms with van der Waals surface area (Å²) in [6, 6.07) is 14.0. The maximum Gasteiger partial charge on any atom is 0.263 e. The van der Waals surface area contributed by atoms with Crippen molar-refractivity contribution < 1.29 is 14.1 Å². The molecule has 0 radical (unpaired) electrons. The van der Waals surface area contributed by atoms with Gasteiger partial charge in [0.25, 0.3) is 5.91 Å². The number of carbonyl (C=O) groups excluding carboxylic acids is 1. The molecule has 30 heavy (non-hydrogen) atoms. The minimum Gasteiger partial charge on any atom is -0.481 e. The van der Waals surface area contributed by atoms with Crippen LogP contribution in [0, 0.1) is 13.8 Å². The third-order valence-electron chi connectivity index (χ3n) is 4.94. The molecule has 158 valence electrons. The van der Waals surface area contributed by atoms with E-state index >= 15 is 0 Å². The van der Waals surface area contributed by atoms with Gasteiger partial charge in [0, 0.05) is 12.6 Å². The van der Waals surface area contributed by atoms with E-state index in [2.05, 4.69) is 36.1 Å². The molecular formula is C24H29N3O3. The number of aromatic nitrogens is 2. The van der Waals surface area contributed by atoms with Crippen molar-refractivity contribution in [1.29, 1.82) is 0 Å². The van der Waals surface area contributed by atoms with Crippen molar-refractivity contribution in [2.45, 2.75) is 53.2 Å².